The van der Waals surface area contributed by atoms with E-state index in [2.05, 4.69) is 27.8 Å². The van der Waals surface area contributed by atoms with Gasteiger partial charge in [0, 0.05) is 38.1 Å². The molecule has 3 aromatic carbocycles. The summed E-state index contributed by atoms with van der Waals surface area (Å²) in [6.45, 7) is 0.703. The van der Waals surface area contributed by atoms with Crippen molar-refractivity contribution in [3.8, 4) is 0 Å². The number of fused-ring (bicyclic) bond motifs is 1. The predicted molar refractivity (Wildman–Crippen MR) is 143 cm³/mol. The molecule has 0 spiro atoms. The van der Waals surface area contributed by atoms with Crippen LogP contribution in [0.5, 0.6) is 0 Å². The van der Waals surface area contributed by atoms with Crippen LogP contribution in [0, 0.1) is 0 Å². The zero-order valence-electron chi connectivity index (χ0n) is 20.5. The molecule has 186 valence electrons. The number of nitrogens with one attached hydrogen (secondary N) is 2. The number of hydrogen-bond acceptors (Lipinski definition) is 4. The Labute approximate surface area is 215 Å². The summed E-state index contributed by atoms with van der Waals surface area (Å²) < 4.78 is 3.96. The first-order chi connectivity index (χ1) is 18.1. The van der Waals surface area contributed by atoms with Gasteiger partial charge in [0.15, 0.2) is 0 Å². The largest absolute Gasteiger partial charge is 0.345 e. The van der Waals surface area contributed by atoms with Crippen molar-refractivity contribution >= 4 is 29.0 Å². The van der Waals surface area contributed by atoms with E-state index in [4.69, 9.17) is 4.98 Å². The van der Waals surface area contributed by atoms with Crippen LogP contribution in [0.15, 0.2) is 91.5 Å². The van der Waals surface area contributed by atoms with E-state index in [1.54, 1.807) is 24.7 Å². The fourth-order valence-corrected chi connectivity index (χ4v) is 4.60. The Balaban J connectivity index is 1.50. The topological polar surface area (TPSA) is 93.8 Å². The summed E-state index contributed by atoms with van der Waals surface area (Å²) in [5, 5.41) is 5.91. The van der Waals surface area contributed by atoms with Gasteiger partial charge in [0.1, 0.15) is 5.82 Å². The fraction of sp³-hybridized carbons (Fsp3) is 0.172. The minimum absolute atomic E-state index is 0.217. The van der Waals surface area contributed by atoms with Crippen molar-refractivity contribution in [3.63, 3.8) is 0 Å². The maximum absolute atomic E-state index is 13.8. The van der Waals surface area contributed by atoms with Crippen LogP contribution in [0.3, 0.4) is 0 Å². The van der Waals surface area contributed by atoms with E-state index >= 15 is 0 Å². The average Bonchev–Trinajstić information content (AvgIpc) is 3.55. The van der Waals surface area contributed by atoms with Gasteiger partial charge in [0.2, 0.25) is 6.41 Å². The molecule has 0 aliphatic heterocycles. The van der Waals surface area contributed by atoms with Gasteiger partial charge in [-0.15, -0.1) is 0 Å². The van der Waals surface area contributed by atoms with Crippen molar-refractivity contribution in [3.05, 3.63) is 114 Å². The summed E-state index contributed by atoms with van der Waals surface area (Å²) in [5.74, 6) is 0.603. The van der Waals surface area contributed by atoms with Gasteiger partial charge in [-0.3, -0.25) is 9.59 Å². The van der Waals surface area contributed by atoms with Crippen molar-refractivity contribution in [2.75, 3.05) is 5.32 Å². The highest BCUT2D eigenvalue weighted by molar-refractivity contribution is 6.07. The third-order valence-corrected chi connectivity index (χ3v) is 6.48. The molecule has 0 aliphatic carbocycles. The lowest BCUT2D eigenvalue weighted by Gasteiger charge is -2.20. The van der Waals surface area contributed by atoms with E-state index < -0.39 is 0 Å². The molecule has 8 heteroatoms. The van der Waals surface area contributed by atoms with Gasteiger partial charge < -0.3 is 19.8 Å². The molecular formula is C29H28N6O2. The van der Waals surface area contributed by atoms with Gasteiger partial charge >= 0.3 is 0 Å². The maximum Gasteiger partial charge on any atom is 0.254 e. The molecule has 2 heterocycles. The van der Waals surface area contributed by atoms with Crippen LogP contribution in [0.4, 0.5) is 5.69 Å². The van der Waals surface area contributed by atoms with Crippen LogP contribution in [-0.2, 0) is 24.8 Å². The van der Waals surface area contributed by atoms with Crippen LogP contribution in [-0.4, -0.2) is 31.4 Å². The fourth-order valence-electron chi connectivity index (χ4n) is 4.60. The highest BCUT2D eigenvalue weighted by atomic mass is 16.1. The Kier molecular flexibility index (Phi) is 7.07. The summed E-state index contributed by atoms with van der Waals surface area (Å²) in [6, 6.07) is 23.3. The molecule has 1 unspecified atom stereocenters. The van der Waals surface area contributed by atoms with Gasteiger partial charge in [0.25, 0.3) is 5.91 Å². The molecule has 0 aliphatic rings. The molecule has 8 nitrogen and oxygen atoms in total. The van der Waals surface area contributed by atoms with Crippen LogP contribution in [0.2, 0.25) is 0 Å². The predicted octanol–water partition coefficient (Wildman–Crippen LogP) is 4.49. The Morgan fingerprint density at radius 1 is 1.05 bits per heavy atom. The lowest BCUT2D eigenvalue weighted by molar-refractivity contribution is -0.105. The Morgan fingerprint density at radius 3 is 2.51 bits per heavy atom. The lowest BCUT2D eigenvalue weighted by atomic mass is 10.0. The SMILES string of the molecule is Cn1c(Cc2ccccc2)nc2cc(NC=O)cc(C(=O)NC(CCn3ccnc3)c3ccccc3)c21. The summed E-state index contributed by atoms with van der Waals surface area (Å²) in [6.07, 6.45) is 7.34. The highest BCUT2D eigenvalue weighted by Gasteiger charge is 2.22. The normalized spacial score (nSPS) is 11.8. The quantitative estimate of drug-likeness (QED) is 0.281. The summed E-state index contributed by atoms with van der Waals surface area (Å²) >= 11 is 0. The Bertz CT molecular complexity index is 1490. The van der Waals surface area contributed by atoms with Gasteiger partial charge in [0.05, 0.1) is 29.0 Å². The first-order valence-electron chi connectivity index (χ1n) is 12.2. The standard InChI is InChI=1S/C29H28N6O2/c1-34-27(16-21-8-4-2-5-9-21)32-26-18-23(31-20-36)17-24(28(26)34)29(37)33-25(22-10-6-3-7-11-22)12-14-35-15-13-30-19-35/h2-11,13,15,17-20,25H,12,14,16H2,1H3,(H,31,36)(H,33,37). The van der Waals surface area contributed by atoms with Crippen molar-refractivity contribution < 1.29 is 9.59 Å². The summed E-state index contributed by atoms with van der Waals surface area (Å²) in [7, 11) is 1.92. The zero-order valence-corrected chi connectivity index (χ0v) is 20.5. The third-order valence-electron chi connectivity index (χ3n) is 6.48. The lowest BCUT2D eigenvalue weighted by Crippen LogP contribution is -2.30. The molecule has 2 aromatic heterocycles. The first-order valence-corrected chi connectivity index (χ1v) is 12.2. The molecule has 0 bridgehead atoms. The molecule has 37 heavy (non-hydrogen) atoms. The van der Waals surface area contributed by atoms with Crippen LogP contribution < -0.4 is 10.6 Å². The van der Waals surface area contributed by atoms with Crippen LogP contribution in [0.1, 0.15) is 39.8 Å². The van der Waals surface area contributed by atoms with Gasteiger partial charge in [-0.2, -0.15) is 0 Å². The number of aryl methyl sites for hydroxylation is 2. The average molecular weight is 493 g/mol. The van der Waals surface area contributed by atoms with Crippen molar-refractivity contribution in [1.82, 2.24) is 24.4 Å². The second kappa shape index (κ2) is 10.9. The second-order valence-corrected chi connectivity index (χ2v) is 8.93. The smallest absolute Gasteiger partial charge is 0.254 e. The minimum Gasteiger partial charge on any atom is -0.345 e. The van der Waals surface area contributed by atoms with E-state index in [9.17, 15) is 9.59 Å². The number of carbonyl (C=O) groups is 2. The van der Waals surface area contributed by atoms with Gasteiger partial charge in [-0.1, -0.05) is 60.7 Å². The van der Waals surface area contributed by atoms with Gasteiger partial charge in [-0.25, -0.2) is 9.97 Å². The summed E-state index contributed by atoms with van der Waals surface area (Å²) in [4.78, 5) is 33.9. The van der Waals surface area contributed by atoms with Crippen molar-refractivity contribution in [2.45, 2.75) is 25.4 Å². The molecule has 2 amide bonds. The van der Waals surface area contributed by atoms with E-state index in [0.717, 1.165) is 22.5 Å². The third kappa shape index (κ3) is 5.43. The van der Waals surface area contributed by atoms with E-state index in [0.29, 0.717) is 42.6 Å². The number of anilines is 1. The number of carbonyl (C=O) groups excluding carboxylic acids is 2. The molecule has 5 aromatic rings. The van der Waals surface area contributed by atoms with E-state index in [1.165, 1.54) is 0 Å². The number of aromatic nitrogens is 4. The molecular weight excluding hydrogens is 464 g/mol. The molecule has 2 N–H and O–H groups in total. The minimum atomic E-state index is -0.228. The molecule has 0 saturated heterocycles. The Morgan fingerprint density at radius 2 is 1.81 bits per heavy atom. The van der Waals surface area contributed by atoms with Crippen LogP contribution in [0.25, 0.3) is 11.0 Å². The molecule has 5 rings (SSSR count). The number of nitrogens with zero attached hydrogens (tertiary/aromatic N) is 4. The molecule has 1 atom stereocenters. The number of amides is 2. The first kappa shape index (κ1) is 24.0. The maximum atomic E-state index is 13.8. The zero-order chi connectivity index (χ0) is 25.6. The van der Waals surface area contributed by atoms with Crippen molar-refractivity contribution in [2.24, 2.45) is 7.05 Å². The molecule has 0 saturated carbocycles. The van der Waals surface area contributed by atoms with Crippen molar-refractivity contribution in [1.29, 1.82) is 0 Å². The monoisotopic (exact) mass is 492 g/mol. The number of hydrogen-bond donors (Lipinski definition) is 2. The van der Waals surface area contributed by atoms with E-state index in [1.807, 2.05) is 70.9 Å². The molecule has 0 fully saturated rings. The van der Waals surface area contributed by atoms with Gasteiger partial charge in [-0.05, 0) is 29.7 Å². The number of imidazole rings is 2. The van der Waals surface area contributed by atoms with E-state index in [-0.39, 0.29) is 11.9 Å². The number of benzene rings is 3. The number of rotatable bonds is 10. The molecule has 0 radical (unpaired) electrons. The summed E-state index contributed by atoms with van der Waals surface area (Å²) in [5.41, 5.74) is 4.50. The highest BCUT2D eigenvalue weighted by Crippen LogP contribution is 2.27. The van der Waals surface area contributed by atoms with Crippen LogP contribution >= 0.6 is 0 Å². The Hall–Kier alpha value is -4.72. The second-order valence-electron chi connectivity index (χ2n) is 8.93.